The van der Waals surface area contributed by atoms with E-state index in [1.54, 1.807) is 0 Å². The lowest BCUT2D eigenvalue weighted by Crippen LogP contribution is -2.31. The van der Waals surface area contributed by atoms with Crippen LogP contribution in [-0.2, 0) is 0 Å². The van der Waals surface area contributed by atoms with Gasteiger partial charge in [0.15, 0.2) is 11.6 Å². The average molecular weight is 365 g/mol. The molecule has 0 aromatic carbocycles. The molecule has 2 rings (SSSR count). The molecule has 2 N–H and O–H groups in total. The van der Waals surface area contributed by atoms with Crippen molar-refractivity contribution in [2.24, 2.45) is 0 Å². The minimum Gasteiger partial charge on any atom is -0.448 e. The Hall–Kier alpha value is -1.40. The van der Waals surface area contributed by atoms with Crippen LogP contribution in [0.3, 0.4) is 0 Å². The molecule has 2 heterocycles. The second-order valence-electron chi connectivity index (χ2n) is 7.25. The number of hydrogen-bond acceptors (Lipinski definition) is 5. The summed E-state index contributed by atoms with van der Waals surface area (Å²) in [7, 11) is 0. The third-order valence-electron chi connectivity index (χ3n) is 5.04. The lowest BCUT2D eigenvalue weighted by Gasteiger charge is -2.21. The summed E-state index contributed by atoms with van der Waals surface area (Å²) in [5, 5.41) is 6.31. The number of rotatable bonds is 12. The standard InChI is InChI=1S/C20H36N4O2/c1-3-5-13-24(14-6-4-2)15-7-10-22-19(25)18-16-26-20(23-18)17-8-11-21-12-9-17/h16-17,21H,3-15H2,1-2H3,(H,22,25). The molecule has 26 heavy (non-hydrogen) atoms. The van der Waals surface area contributed by atoms with E-state index in [2.05, 4.69) is 34.4 Å². The van der Waals surface area contributed by atoms with Crippen LogP contribution in [0.2, 0.25) is 0 Å². The van der Waals surface area contributed by atoms with Crippen LogP contribution < -0.4 is 10.6 Å². The van der Waals surface area contributed by atoms with Crippen molar-refractivity contribution >= 4 is 5.91 Å². The van der Waals surface area contributed by atoms with Gasteiger partial charge in [0.25, 0.3) is 5.91 Å². The van der Waals surface area contributed by atoms with Crippen molar-refractivity contribution in [1.82, 2.24) is 20.5 Å². The van der Waals surface area contributed by atoms with E-state index in [0.717, 1.165) is 52.0 Å². The number of carbonyl (C=O) groups is 1. The van der Waals surface area contributed by atoms with Crippen molar-refractivity contribution in [3.05, 3.63) is 17.8 Å². The van der Waals surface area contributed by atoms with Gasteiger partial charge in [0.05, 0.1) is 0 Å². The molecular formula is C20H36N4O2. The number of unbranched alkanes of at least 4 members (excludes halogenated alkanes) is 2. The van der Waals surface area contributed by atoms with E-state index in [1.165, 1.54) is 31.9 Å². The fraction of sp³-hybridized carbons (Fsp3) is 0.800. The second kappa shape index (κ2) is 12.1. The Bertz CT molecular complexity index is 504. The number of hydrogen-bond donors (Lipinski definition) is 2. The molecule has 1 fully saturated rings. The Balaban J connectivity index is 1.69. The lowest BCUT2D eigenvalue weighted by molar-refractivity contribution is 0.0946. The zero-order valence-corrected chi connectivity index (χ0v) is 16.6. The van der Waals surface area contributed by atoms with Gasteiger partial charge in [-0.05, 0) is 64.8 Å². The zero-order chi connectivity index (χ0) is 18.6. The summed E-state index contributed by atoms with van der Waals surface area (Å²) < 4.78 is 5.55. The summed E-state index contributed by atoms with van der Waals surface area (Å²) in [6.07, 6.45) is 9.46. The van der Waals surface area contributed by atoms with Crippen LogP contribution in [0.4, 0.5) is 0 Å². The molecule has 6 nitrogen and oxygen atoms in total. The first-order valence-electron chi connectivity index (χ1n) is 10.4. The molecule has 148 valence electrons. The number of nitrogens with zero attached hydrogens (tertiary/aromatic N) is 2. The Morgan fingerprint density at radius 1 is 1.19 bits per heavy atom. The molecule has 0 bridgehead atoms. The van der Waals surface area contributed by atoms with Crippen molar-refractivity contribution < 1.29 is 9.21 Å². The van der Waals surface area contributed by atoms with Gasteiger partial charge < -0.3 is 20.0 Å². The van der Waals surface area contributed by atoms with Crippen molar-refractivity contribution in [3.63, 3.8) is 0 Å². The van der Waals surface area contributed by atoms with Gasteiger partial charge in [-0.25, -0.2) is 4.98 Å². The lowest BCUT2D eigenvalue weighted by atomic mass is 9.98. The topological polar surface area (TPSA) is 70.4 Å². The van der Waals surface area contributed by atoms with Gasteiger partial charge in [-0.15, -0.1) is 0 Å². The summed E-state index contributed by atoms with van der Waals surface area (Å²) in [6.45, 7) is 10.5. The molecule has 1 amide bonds. The molecule has 1 aliphatic rings. The molecule has 1 aromatic rings. The molecular weight excluding hydrogens is 328 g/mol. The third-order valence-corrected chi connectivity index (χ3v) is 5.04. The second-order valence-corrected chi connectivity index (χ2v) is 7.25. The predicted octanol–water partition coefficient (Wildman–Crippen LogP) is 3.16. The quantitative estimate of drug-likeness (QED) is 0.558. The molecule has 0 aliphatic carbocycles. The van der Waals surface area contributed by atoms with Gasteiger partial charge in [-0.1, -0.05) is 26.7 Å². The highest BCUT2D eigenvalue weighted by Crippen LogP contribution is 2.24. The molecule has 0 saturated carbocycles. The highest BCUT2D eigenvalue weighted by Gasteiger charge is 2.21. The van der Waals surface area contributed by atoms with Crippen LogP contribution in [0, 0.1) is 0 Å². The summed E-state index contributed by atoms with van der Waals surface area (Å²) in [5.74, 6) is 0.924. The Kier molecular flexibility index (Phi) is 9.71. The number of carbonyl (C=O) groups excluding carboxylic acids is 1. The van der Waals surface area contributed by atoms with E-state index in [1.807, 2.05) is 0 Å². The number of nitrogens with one attached hydrogen (secondary N) is 2. The van der Waals surface area contributed by atoms with Crippen LogP contribution in [0.1, 0.15) is 81.1 Å². The Morgan fingerprint density at radius 2 is 1.85 bits per heavy atom. The zero-order valence-electron chi connectivity index (χ0n) is 16.6. The van der Waals surface area contributed by atoms with Crippen LogP contribution in [0.5, 0.6) is 0 Å². The SMILES string of the molecule is CCCCN(CCCC)CCCNC(=O)c1coc(C2CCNCC2)n1. The maximum absolute atomic E-state index is 12.3. The Morgan fingerprint density at radius 3 is 2.50 bits per heavy atom. The fourth-order valence-corrected chi connectivity index (χ4v) is 3.34. The maximum Gasteiger partial charge on any atom is 0.273 e. The van der Waals surface area contributed by atoms with E-state index >= 15 is 0 Å². The molecule has 1 aromatic heterocycles. The van der Waals surface area contributed by atoms with Crippen LogP contribution in [-0.4, -0.2) is 55.1 Å². The number of amides is 1. The molecule has 0 unspecified atom stereocenters. The predicted molar refractivity (Wildman–Crippen MR) is 105 cm³/mol. The van der Waals surface area contributed by atoms with Crippen LogP contribution in [0.15, 0.2) is 10.7 Å². The Labute approximate surface area is 158 Å². The smallest absolute Gasteiger partial charge is 0.273 e. The first-order chi connectivity index (χ1) is 12.7. The molecule has 1 aliphatic heterocycles. The minimum atomic E-state index is -0.123. The normalized spacial score (nSPS) is 15.5. The van der Waals surface area contributed by atoms with E-state index in [-0.39, 0.29) is 5.91 Å². The summed E-state index contributed by atoms with van der Waals surface area (Å²) in [6, 6.07) is 0. The van der Waals surface area contributed by atoms with Gasteiger partial charge in [0.1, 0.15) is 6.26 Å². The van der Waals surface area contributed by atoms with E-state index in [4.69, 9.17) is 4.42 Å². The van der Waals surface area contributed by atoms with E-state index in [9.17, 15) is 4.79 Å². The van der Waals surface area contributed by atoms with E-state index < -0.39 is 0 Å². The van der Waals surface area contributed by atoms with Crippen molar-refractivity contribution in [2.75, 3.05) is 39.3 Å². The van der Waals surface area contributed by atoms with Crippen LogP contribution >= 0.6 is 0 Å². The van der Waals surface area contributed by atoms with Crippen LogP contribution in [0.25, 0.3) is 0 Å². The number of aromatic nitrogens is 1. The summed E-state index contributed by atoms with van der Waals surface area (Å²) in [4.78, 5) is 19.2. The van der Waals surface area contributed by atoms with Gasteiger partial charge >= 0.3 is 0 Å². The minimum absolute atomic E-state index is 0.123. The van der Waals surface area contributed by atoms with Crippen molar-refractivity contribution in [1.29, 1.82) is 0 Å². The summed E-state index contributed by atoms with van der Waals surface area (Å²) in [5.41, 5.74) is 0.410. The van der Waals surface area contributed by atoms with Crippen molar-refractivity contribution in [2.45, 2.75) is 64.7 Å². The van der Waals surface area contributed by atoms with E-state index in [0.29, 0.717) is 24.0 Å². The van der Waals surface area contributed by atoms with Gasteiger partial charge in [-0.2, -0.15) is 0 Å². The molecule has 1 saturated heterocycles. The number of oxazole rings is 1. The highest BCUT2D eigenvalue weighted by molar-refractivity contribution is 5.91. The van der Waals surface area contributed by atoms with Gasteiger partial charge in [0.2, 0.25) is 0 Å². The largest absolute Gasteiger partial charge is 0.448 e. The number of piperidine rings is 1. The fourth-order valence-electron chi connectivity index (χ4n) is 3.34. The highest BCUT2D eigenvalue weighted by atomic mass is 16.3. The molecule has 6 heteroatoms. The molecule has 0 atom stereocenters. The summed E-state index contributed by atoms with van der Waals surface area (Å²) >= 11 is 0. The molecule has 0 spiro atoms. The first-order valence-corrected chi connectivity index (χ1v) is 10.4. The van der Waals surface area contributed by atoms with Gasteiger partial charge in [0, 0.05) is 12.5 Å². The van der Waals surface area contributed by atoms with Gasteiger partial charge in [-0.3, -0.25) is 4.79 Å². The average Bonchev–Trinajstić information content (AvgIpc) is 3.17. The van der Waals surface area contributed by atoms with Crippen molar-refractivity contribution in [3.8, 4) is 0 Å². The monoisotopic (exact) mass is 364 g/mol. The third kappa shape index (κ3) is 7.08. The molecule has 0 radical (unpaired) electrons. The first kappa shape index (κ1) is 20.9. The maximum atomic E-state index is 12.3.